The van der Waals surface area contributed by atoms with Gasteiger partial charge in [-0.15, -0.1) is 30.6 Å². The van der Waals surface area contributed by atoms with E-state index >= 15 is 0 Å². The maximum absolute atomic E-state index is 12.3. The van der Waals surface area contributed by atoms with Crippen molar-refractivity contribution in [2.75, 3.05) is 0 Å². The van der Waals surface area contributed by atoms with E-state index in [1.165, 1.54) is 30.7 Å². The standard InChI is InChI=1S/C19H19N7O5.C18H17N7O5.C17H19N7O4/c1-10-3-4-14-11(5-10)6-15(31-14)13(27)8-26-22-16(21-23-26)9-25-7-12(17(20)28)18(29)24(2)19(25)30;1-23-17(28)11(16(19)27)7-24(18(23)29)9-15-20-22-25(21-15)8-12(26)14-6-10-4-2-3-5-13(10)30-14;1-10-3-5-11(6-4-10)13(25)8-24-20-14(19-21-24)9-23-7-12(15(18)26)16(27)22(2)17(23)28/h3-7,13,27H,8-9H2,1-2H3,(H2,20,28);2-7,12,26H,8-9H2,1H3,(H2,19,27);3-7,13,25H,8-9H2,1-2H3,(H2,18,26)/t13-;12-;13-/m000/s1. The van der Waals surface area contributed by atoms with Crippen LogP contribution in [0, 0.1) is 13.8 Å². The van der Waals surface area contributed by atoms with Crippen LogP contribution in [0.5, 0.6) is 0 Å². The van der Waals surface area contributed by atoms with Gasteiger partial charge in [-0.3, -0.25) is 56.2 Å². The molecular formula is C54H55N21O14. The summed E-state index contributed by atoms with van der Waals surface area (Å²) < 4.78 is 16.9. The summed E-state index contributed by atoms with van der Waals surface area (Å²) in [5, 5.41) is 68.5. The third kappa shape index (κ3) is 14.0. The number of aromatic nitrogens is 18. The van der Waals surface area contributed by atoms with Crippen molar-refractivity contribution >= 4 is 39.7 Å². The summed E-state index contributed by atoms with van der Waals surface area (Å²) in [4.78, 5) is 110. The molecule has 460 valence electrons. The second-order valence-electron chi connectivity index (χ2n) is 20.2. The monoisotopic (exact) mass is 1220 g/mol. The topological polar surface area (TPSA) is 479 Å². The third-order valence-electron chi connectivity index (χ3n) is 13.5. The van der Waals surface area contributed by atoms with Crippen LogP contribution in [0.2, 0.25) is 0 Å². The Bertz CT molecular complexity index is 4830. The molecule has 0 saturated heterocycles. The number of aliphatic hydroxyl groups is 3. The fourth-order valence-electron chi connectivity index (χ4n) is 8.79. The first-order chi connectivity index (χ1) is 42.3. The molecule has 3 aromatic carbocycles. The van der Waals surface area contributed by atoms with Crippen molar-refractivity contribution in [2.24, 2.45) is 38.3 Å². The zero-order valence-electron chi connectivity index (χ0n) is 47.8. The molecular weight excluding hydrogens is 1170 g/mol. The predicted octanol–water partition coefficient (Wildman–Crippen LogP) is -2.65. The van der Waals surface area contributed by atoms with E-state index in [-0.39, 0.29) is 73.4 Å². The zero-order valence-corrected chi connectivity index (χ0v) is 47.8. The van der Waals surface area contributed by atoms with E-state index < -0.39 is 69.8 Å². The van der Waals surface area contributed by atoms with Crippen LogP contribution in [0.25, 0.3) is 21.9 Å². The summed E-state index contributed by atoms with van der Waals surface area (Å²) in [7, 11) is 3.72. The molecule has 0 saturated carbocycles. The Hall–Kier alpha value is -11.7. The summed E-state index contributed by atoms with van der Waals surface area (Å²) in [6.07, 6.45) is 0.354. The van der Waals surface area contributed by atoms with Crippen molar-refractivity contribution in [1.82, 2.24) is 88.0 Å². The van der Waals surface area contributed by atoms with Crippen LogP contribution in [-0.2, 0) is 60.4 Å². The van der Waals surface area contributed by atoms with Crippen molar-refractivity contribution in [3.8, 4) is 0 Å². The van der Waals surface area contributed by atoms with Crippen LogP contribution in [0.3, 0.4) is 0 Å². The molecule has 3 amide bonds. The number of nitrogens with two attached hydrogens (primary N) is 3. The number of tetrazole rings is 3. The molecule has 0 aliphatic carbocycles. The van der Waals surface area contributed by atoms with Gasteiger partial charge in [0.15, 0.2) is 17.5 Å². The first kappa shape index (κ1) is 61.8. The lowest BCUT2D eigenvalue weighted by Crippen LogP contribution is -2.42. The number of aliphatic hydroxyl groups excluding tert-OH is 3. The minimum atomic E-state index is -1.02. The molecule has 3 atom stereocenters. The number of benzene rings is 3. The number of aryl methyl sites for hydroxylation is 2. The van der Waals surface area contributed by atoms with Gasteiger partial charge in [0.25, 0.3) is 34.4 Å². The van der Waals surface area contributed by atoms with E-state index in [9.17, 15) is 58.5 Å². The average molecular weight is 1220 g/mol. The van der Waals surface area contributed by atoms with Crippen molar-refractivity contribution in [2.45, 2.75) is 71.4 Å². The number of primary amides is 3. The van der Waals surface area contributed by atoms with Crippen molar-refractivity contribution < 1.29 is 38.5 Å². The van der Waals surface area contributed by atoms with Crippen LogP contribution in [-0.4, -0.2) is 121 Å². The minimum absolute atomic E-state index is 0.0263. The SMILES string of the molecule is Cc1ccc([C@@H](O)Cn2nnc(Cn3cc(C(N)=O)c(=O)n(C)c3=O)n2)cc1.Cc1ccc2oc([C@@H](O)Cn3nnc(Cn4cc(C(N)=O)c(=O)n(C)c4=O)n3)cc2c1.Cn1c(=O)c(C(N)=O)cn(Cc2nnn(C[C@H](O)c3cc4ccccc4o3)n2)c1=O. The van der Waals surface area contributed by atoms with Gasteiger partial charge in [-0.25, -0.2) is 14.4 Å². The number of carbonyl (C=O) groups excluding carboxylic acids is 3. The molecule has 0 bridgehead atoms. The summed E-state index contributed by atoms with van der Waals surface area (Å²) in [5.41, 5.74) is 14.4. The molecule has 11 rings (SSSR count). The average Bonchev–Trinajstić information content (AvgIpc) is 2.20. The number of para-hydroxylation sites is 1. The number of furan rings is 2. The van der Waals surface area contributed by atoms with E-state index in [4.69, 9.17) is 26.0 Å². The highest BCUT2D eigenvalue weighted by molar-refractivity contribution is 5.93. The Morgan fingerprint density at radius 1 is 0.472 bits per heavy atom. The van der Waals surface area contributed by atoms with Crippen molar-refractivity contribution in [3.63, 3.8) is 0 Å². The lowest BCUT2D eigenvalue weighted by Gasteiger charge is -2.10. The van der Waals surface area contributed by atoms with Gasteiger partial charge in [0.05, 0.1) is 39.3 Å². The number of hydrogen-bond acceptors (Lipinski definition) is 23. The quantitative estimate of drug-likeness (QED) is 0.0511. The Morgan fingerprint density at radius 3 is 1.22 bits per heavy atom. The van der Waals surface area contributed by atoms with Gasteiger partial charge in [-0.05, 0) is 65.4 Å². The van der Waals surface area contributed by atoms with Gasteiger partial charge in [0.2, 0.25) is 0 Å². The molecule has 0 unspecified atom stereocenters. The summed E-state index contributed by atoms with van der Waals surface area (Å²) in [5.74, 6) is -1.66. The van der Waals surface area contributed by atoms with Crippen molar-refractivity contribution in [3.05, 3.63) is 222 Å². The van der Waals surface area contributed by atoms with E-state index in [1.807, 2.05) is 74.5 Å². The largest absolute Gasteiger partial charge is 0.458 e. The Kier molecular flexibility index (Phi) is 18.0. The summed E-state index contributed by atoms with van der Waals surface area (Å²) in [6.45, 7) is 3.53. The van der Waals surface area contributed by atoms with Gasteiger partial charge in [0, 0.05) is 50.5 Å². The summed E-state index contributed by atoms with van der Waals surface area (Å²) in [6, 6.07) is 23.9. The van der Waals surface area contributed by atoms with Gasteiger partial charge >= 0.3 is 17.1 Å². The van der Waals surface area contributed by atoms with Gasteiger partial charge in [-0.1, -0.05) is 59.7 Å². The van der Waals surface area contributed by atoms with Crippen LogP contribution in [0.4, 0.5) is 0 Å². The van der Waals surface area contributed by atoms with E-state index in [2.05, 4.69) is 46.2 Å². The fraction of sp³-hybridized carbons (Fsp3) is 0.259. The lowest BCUT2D eigenvalue weighted by atomic mass is 10.1. The Labute approximate surface area is 496 Å². The van der Waals surface area contributed by atoms with E-state index in [0.717, 1.165) is 72.7 Å². The number of nitrogens with zero attached hydrogens (tertiary/aromatic N) is 18. The second kappa shape index (κ2) is 25.9. The molecule has 89 heavy (non-hydrogen) atoms. The maximum atomic E-state index is 12.3. The van der Waals surface area contributed by atoms with E-state index in [1.54, 1.807) is 18.2 Å². The van der Waals surface area contributed by atoms with E-state index in [0.29, 0.717) is 28.2 Å². The zero-order chi connectivity index (χ0) is 64.1. The molecule has 0 spiro atoms. The number of fused-ring (bicyclic) bond motifs is 2. The first-order valence-corrected chi connectivity index (χ1v) is 26.5. The van der Waals surface area contributed by atoms with Crippen LogP contribution in [0.15, 0.2) is 135 Å². The number of carbonyl (C=O) groups is 3. The molecule has 11 aromatic rings. The number of rotatable bonds is 18. The molecule has 0 fully saturated rings. The van der Waals surface area contributed by atoms with Crippen LogP contribution < -0.4 is 50.9 Å². The molecule has 8 heterocycles. The molecule has 8 aromatic heterocycles. The molecule has 35 nitrogen and oxygen atoms in total. The molecule has 35 heteroatoms. The fourth-order valence-corrected chi connectivity index (χ4v) is 8.79. The first-order valence-electron chi connectivity index (χ1n) is 26.5. The molecule has 0 radical (unpaired) electrons. The third-order valence-corrected chi connectivity index (χ3v) is 13.5. The van der Waals surface area contributed by atoms with Crippen molar-refractivity contribution in [1.29, 1.82) is 0 Å². The van der Waals surface area contributed by atoms with Gasteiger partial charge in [0.1, 0.15) is 57.7 Å². The summed E-state index contributed by atoms with van der Waals surface area (Å²) >= 11 is 0. The molecule has 0 aliphatic rings. The maximum Gasteiger partial charge on any atom is 0.331 e. The van der Waals surface area contributed by atoms with Crippen LogP contribution in [0.1, 0.15) is 95.1 Å². The Balaban J connectivity index is 0.000000159. The molecule has 9 N–H and O–H groups in total. The van der Waals surface area contributed by atoms with Crippen LogP contribution >= 0.6 is 0 Å². The predicted molar refractivity (Wildman–Crippen MR) is 307 cm³/mol. The highest BCUT2D eigenvalue weighted by Gasteiger charge is 2.22. The number of hydrogen-bond donors (Lipinski definition) is 6. The second-order valence-corrected chi connectivity index (χ2v) is 20.2. The lowest BCUT2D eigenvalue weighted by molar-refractivity contribution is 0.0988. The Morgan fingerprint density at radius 2 is 0.831 bits per heavy atom. The smallest absolute Gasteiger partial charge is 0.331 e. The normalized spacial score (nSPS) is 12.3. The van der Waals surface area contributed by atoms with Gasteiger partial charge in [-0.2, -0.15) is 14.4 Å². The number of amides is 3. The highest BCUT2D eigenvalue weighted by Crippen LogP contribution is 2.26. The highest BCUT2D eigenvalue weighted by atomic mass is 16.4. The molecule has 0 aliphatic heterocycles. The van der Waals surface area contributed by atoms with Gasteiger partial charge < -0.3 is 41.4 Å². The minimum Gasteiger partial charge on any atom is -0.458 e.